The van der Waals surface area contributed by atoms with Gasteiger partial charge in [-0.15, -0.1) is 0 Å². The molecule has 2 aliphatic rings. The zero-order valence-electron chi connectivity index (χ0n) is 23.0. The summed E-state index contributed by atoms with van der Waals surface area (Å²) in [4.78, 5) is 9.66. The molecule has 1 fully saturated rings. The van der Waals surface area contributed by atoms with Crippen molar-refractivity contribution in [1.82, 2.24) is 14.8 Å². The Bertz CT molecular complexity index is 1520. The van der Waals surface area contributed by atoms with Gasteiger partial charge in [-0.1, -0.05) is 0 Å². The van der Waals surface area contributed by atoms with Crippen molar-refractivity contribution >= 4 is 32.4 Å². The van der Waals surface area contributed by atoms with Crippen molar-refractivity contribution < 1.29 is 28.4 Å². The molecule has 0 amide bonds. The van der Waals surface area contributed by atoms with Crippen LogP contribution >= 0.6 is 0 Å². The summed E-state index contributed by atoms with van der Waals surface area (Å²) in [5.74, 6) is 3.97. The molecule has 0 atom stereocenters. The number of hydrogen-bond acceptors (Lipinski definition) is 9. The van der Waals surface area contributed by atoms with Gasteiger partial charge in [0, 0.05) is 29.2 Å². The van der Waals surface area contributed by atoms with Crippen molar-refractivity contribution in [2.75, 3.05) is 74.5 Å². The normalized spacial score (nSPS) is 15.1. The number of fused-ring (bicyclic) bond motifs is 6. The van der Waals surface area contributed by atoms with E-state index in [9.17, 15) is 0 Å². The quantitative estimate of drug-likeness (QED) is 0.270. The maximum atomic E-state index is 6.41. The van der Waals surface area contributed by atoms with Crippen LogP contribution in [0.1, 0.15) is 12.8 Å². The Morgan fingerprint density at radius 2 is 1.54 bits per heavy atom. The molecular weight excluding hydrogens is 498 g/mol. The first-order valence-electron chi connectivity index (χ1n) is 13.4. The van der Waals surface area contributed by atoms with Crippen LogP contribution < -0.4 is 28.4 Å². The van der Waals surface area contributed by atoms with Gasteiger partial charge >= 0.3 is 0 Å². The topological polar surface area (TPSA) is 74.8 Å². The van der Waals surface area contributed by atoms with E-state index in [1.54, 1.807) is 14.2 Å². The minimum atomic E-state index is 0.202. The van der Waals surface area contributed by atoms with Gasteiger partial charge in [-0.05, 0) is 75.7 Å². The molecule has 0 saturated carbocycles. The molecule has 0 N–H and O–H groups in total. The number of likely N-dealkylation sites (tertiary alicyclic amines) is 1. The number of likely N-dealkylation sites (N-methyl/N-ethyl adjacent to an activating group) is 1. The van der Waals surface area contributed by atoms with Crippen molar-refractivity contribution in [3.05, 3.63) is 30.3 Å². The molecule has 206 valence electrons. The molecule has 3 heterocycles. The highest BCUT2D eigenvalue weighted by molar-refractivity contribution is 6.20. The highest BCUT2D eigenvalue weighted by Crippen LogP contribution is 2.46. The summed E-state index contributed by atoms with van der Waals surface area (Å²) in [7, 11) is 7.34. The Kier molecular flexibility index (Phi) is 7.10. The fourth-order valence-corrected chi connectivity index (χ4v) is 5.39. The summed E-state index contributed by atoms with van der Waals surface area (Å²) in [6.45, 7) is 5.15. The number of pyridine rings is 1. The second-order valence-electron chi connectivity index (χ2n) is 10.2. The molecule has 0 aliphatic carbocycles. The van der Waals surface area contributed by atoms with Crippen molar-refractivity contribution in [3.8, 4) is 34.6 Å². The second-order valence-corrected chi connectivity index (χ2v) is 10.2. The smallest absolute Gasteiger partial charge is 0.231 e. The van der Waals surface area contributed by atoms with E-state index in [0.717, 1.165) is 70.1 Å². The zero-order valence-corrected chi connectivity index (χ0v) is 23.0. The first-order valence-corrected chi connectivity index (χ1v) is 13.4. The average molecular weight is 534 g/mol. The van der Waals surface area contributed by atoms with Gasteiger partial charge in [0.25, 0.3) is 0 Å². The predicted molar refractivity (Wildman–Crippen MR) is 151 cm³/mol. The Morgan fingerprint density at radius 1 is 0.821 bits per heavy atom. The van der Waals surface area contributed by atoms with Crippen molar-refractivity contribution in [3.63, 3.8) is 0 Å². The molecule has 0 radical (unpaired) electrons. The van der Waals surface area contributed by atoms with E-state index in [-0.39, 0.29) is 6.79 Å². The standard InChI is InChI=1S/C30H35N3O6/c1-32(2)9-11-36-27-14-19-13-25-26(39-18-38-25)15-20(19)29-28(27)21-16-23(34-3)24(35-4)17-22(21)30(31-29)37-12-10-33-7-5-6-8-33/h13-17H,5-12,18H2,1-4H3. The monoisotopic (exact) mass is 533 g/mol. The molecule has 1 saturated heterocycles. The van der Waals surface area contributed by atoms with Gasteiger partial charge in [-0.2, -0.15) is 0 Å². The number of benzene rings is 3. The van der Waals surface area contributed by atoms with E-state index < -0.39 is 0 Å². The van der Waals surface area contributed by atoms with Gasteiger partial charge in [0.1, 0.15) is 19.0 Å². The lowest BCUT2D eigenvalue weighted by molar-refractivity contribution is 0.174. The van der Waals surface area contributed by atoms with E-state index >= 15 is 0 Å². The van der Waals surface area contributed by atoms with E-state index in [0.29, 0.717) is 36.3 Å². The van der Waals surface area contributed by atoms with Crippen LogP contribution in [-0.4, -0.2) is 89.3 Å². The molecule has 0 bridgehead atoms. The Labute approximate surface area is 228 Å². The highest BCUT2D eigenvalue weighted by Gasteiger charge is 2.23. The Morgan fingerprint density at radius 3 is 2.26 bits per heavy atom. The first kappa shape index (κ1) is 25.6. The number of nitrogens with zero attached hydrogens (tertiary/aromatic N) is 3. The highest BCUT2D eigenvalue weighted by atomic mass is 16.7. The summed E-state index contributed by atoms with van der Waals surface area (Å²) in [5, 5.41) is 4.56. The van der Waals surface area contributed by atoms with Crippen LogP contribution in [0.15, 0.2) is 30.3 Å². The lowest BCUT2D eigenvalue weighted by Gasteiger charge is -2.19. The van der Waals surface area contributed by atoms with Crippen LogP contribution in [0.5, 0.6) is 34.6 Å². The van der Waals surface area contributed by atoms with Crippen LogP contribution in [0.2, 0.25) is 0 Å². The molecule has 3 aromatic carbocycles. The Hall–Kier alpha value is -3.69. The fourth-order valence-electron chi connectivity index (χ4n) is 5.39. The van der Waals surface area contributed by atoms with Gasteiger partial charge in [0.2, 0.25) is 12.7 Å². The van der Waals surface area contributed by atoms with Crippen LogP contribution in [-0.2, 0) is 0 Å². The molecule has 0 spiro atoms. The number of methoxy groups -OCH3 is 2. The zero-order chi connectivity index (χ0) is 26.9. The van der Waals surface area contributed by atoms with E-state index in [1.807, 2.05) is 38.4 Å². The number of hydrogen-bond donors (Lipinski definition) is 0. The molecule has 6 rings (SSSR count). The molecule has 9 nitrogen and oxygen atoms in total. The molecule has 4 aromatic rings. The Balaban J connectivity index is 1.57. The van der Waals surface area contributed by atoms with Crippen LogP contribution in [0, 0.1) is 0 Å². The van der Waals surface area contributed by atoms with E-state index in [1.165, 1.54) is 12.8 Å². The molecule has 9 heteroatoms. The van der Waals surface area contributed by atoms with Gasteiger partial charge in [0.05, 0.1) is 25.1 Å². The lowest BCUT2D eigenvalue weighted by atomic mass is 9.99. The van der Waals surface area contributed by atoms with Crippen LogP contribution in [0.25, 0.3) is 32.4 Å². The fraction of sp³-hybridized carbons (Fsp3) is 0.433. The summed E-state index contributed by atoms with van der Waals surface area (Å²) in [5.41, 5.74) is 0.779. The largest absolute Gasteiger partial charge is 0.493 e. The molecule has 2 aliphatic heterocycles. The number of rotatable bonds is 10. The van der Waals surface area contributed by atoms with E-state index in [2.05, 4.69) is 15.9 Å². The maximum absolute atomic E-state index is 6.41. The van der Waals surface area contributed by atoms with Crippen molar-refractivity contribution in [1.29, 1.82) is 0 Å². The summed E-state index contributed by atoms with van der Waals surface area (Å²) >= 11 is 0. The first-order chi connectivity index (χ1) is 19.1. The number of aromatic nitrogens is 1. The van der Waals surface area contributed by atoms with Gasteiger partial charge in [0.15, 0.2) is 23.0 Å². The molecule has 39 heavy (non-hydrogen) atoms. The minimum Gasteiger partial charge on any atom is -0.493 e. The molecular formula is C30H35N3O6. The minimum absolute atomic E-state index is 0.202. The van der Waals surface area contributed by atoms with Crippen molar-refractivity contribution in [2.45, 2.75) is 12.8 Å². The molecule has 1 aromatic heterocycles. The van der Waals surface area contributed by atoms with Crippen molar-refractivity contribution in [2.24, 2.45) is 0 Å². The summed E-state index contributed by atoms with van der Waals surface area (Å²) in [6, 6.07) is 9.98. The summed E-state index contributed by atoms with van der Waals surface area (Å²) in [6.07, 6.45) is 2.49. The predicted octanol–water partition coefficient (Wildman–Crippen LogP) is 4.70. The SMILES string of the molecule is COc1cc2c(OCCN3CCCC3)nc3c4cc5c(cc4cc(OCCN(C)C)c3c2cc1OC)OCO5. The molecule has 0 unspecified atom stereocenters. The third-order valence-corrected chi connectivity index (χ3v) is 7.45. The van der Waals surface area contributed by atoms with E-state index in [4.69, 9.17) is 33.4 Å². The maximum Gasteiger partial charge on any atom is 0.231 e. The number of ether oxygens (including phenoxy) is 6. The lowest BCUT2D eigenvalue weighted by Crippen LogP contribution is -2.25. The second kappa shape index (κ2) is 10.8. The summed E-state index contributed by atoms with van der Waals surface area (Å²) < 4.78 is 35.6. The third kappa shape index (κ3) is 4.92. The van der Waals surface area contributed by atoms with Gasteiger partial charge in [-0.25, -0.2) is 4.98 Å². The van der Waals surface area contributed by atoms with Gasteiger partial charge < -0.3 is 33.3 Å². The van der Waals surface area contributed by atoms with Crippen LogP contribution in [0.4, 0.5) is 0 Å². The third-order valence-electron chi connectivity index (χ3n) is 7.45. The van der Waals surface area contributed by atoms with Gasteiger partial charge in [-0.3, -0.25) is 4.90 Å². The van der Waals surface area contributed by atoms with Crippen LogP contribution in [0.3, 0.4) is 0 Å². The average Bonchev–Trinajstić information content (AvgIpc) is 3.62.